The van der Waals surface area contributed by atoms with Crippen molar-refractivity contribution in [2.24, 2.45) is 0 Å². The van der Waals surface area contributed by atoms with Gasteiger partial charge < -0.3 is 18.9 Å². The monoisotopic (exact) mass is 510 g/mol. The number of rotatable bonds is 6. The first-order valence-electron chi connectivity index (χ1n) is 9.90. The zero-order valence-electron chi connectivity index (χ0n) is 17.6. The molecule has 186 valence electrons. The molecule has 0 N–H and O–H groups in total. The third-order valence-electron chi connectivity index (χ3n) is 4.59. The maximum absolute atomic E-state index is 13.1. The van der Waals surface area contributed by atoms with Crippen molar-refractivity contribution < 1.29 is 54.9 Å². The molecule has 0 amide bonds. The number of fused-ring (bicyclic) bond motifs is 1. The van der Waals surface area contributed by atoms with Gasteiger partial charge in [-0.3, -0.25) is 9.59 Å². The van der Waals surface area contributed by atoms with Crippen molar-refractivity contribution in [3.05, 3.63) is 95.4 Å². The molecule has 0 spiro atoms. The summed E-state index contributed by atoms with van der Waals surface area (Å²) in [5.74, 6) is -3.97. The number of allylic oxidation sites excluding steroid dienone is 2. The number of alkyl halides is 6. The minimum absolute atomic E-state index is 0.00389. The van der Waals surface area contributed by atoms with Gasteiger partial charge in [-0.2, -0.15) is 0 Å². The highest BCUT2D eigenvalue weighted by molar-refractivity contribution is 6.25. The van der Waals surface area contributed by atoms with Crippen LogP contribution in [-0.4, -0.2) is 24.3 Å². The lowest BCUT2D eigenvalue weighted by atomic mass is 9.92. The number of benzene rings is 3. The van der Waals surface area contributed by atoms with E-state index < -0.39 is 47.3 Å². The summed E-state index contributed by atoms with van der Waals surface area (Å²) in [5, 5.41) is 0. The van der Waals surface area contributed by atoms with E-state index in [1.807, 2.05) is 0 Å². The molecule has 0 heterocycles. The molecule has 1 aliphatic carbocycles. The molecular formula is C24H12F6O6. The summed E-state index contributed by atoms with van der Waals surface area (Å²) in [4.78, 5) is 26.2. The summed E-state index contributed by atoms with van der Waals surface area (Å²) in [7, 11) is 0. The van der Waals surface area contributed by atoms with Gasteiger partial charge in [0.25, 0.3) is 0 Å². The first kappa shape index (κ1) is 24.6. The first-order valence-corrected chi connectivity index (χ1v) is 9.90. The van der Waals surface area contributed by atoms with Crippen molar-refractivity contribution >= 4 is 11.6 Å². The van der Waals surface area contributed by atoms with E-state index in [1.165, 1.54) is 24.3 Å². The third-order valence-corrected chi connectivity index (χ3v) is 4.59. The number of halogens is 6. The van der Waals surface area contributed by atoms with E-state index in [9.17, 15) is 35.9 Å². The Labute approximate surface area is 198 Å². The lowest BCUT2D eigenvalue weighted by molar-refractivity contribution is -0.275. The smallest absolute Gasteiger partial charge is 0.449 e. The number of carbonyl (C=O) groups excluding carboxylic acids is 2. The quantitative estimate of drug-likeness (QED) is 0.366. The van der Waals surface area contributed by atoms with E-state index in [0.29, 0.717) is 0 Å². The summed E-state index contributed by atoms with van der Waals surface area (Å²) in [6.45, 7) is 0. The molecule has 0 fully saturated rings. The van der Waals surface area contributed by atoms with Crippen LogP contribution in [0.25, 0.3) is 0 Å². The molecule has 0 saturated heterocycles. The van der Waals surface area contributed by atoms with Crippen LogP contribution in [0.4, 0.5) is 26.3 Å². The second-order valence-corrected chi connectivity index (χ2v) is 7.10. The SMILES string of the molecule is O=C1C(Oc2ccc(OC(F)(F)F)cc2)=C(Oc2ccc(OC(F)(F)F)cc2)C(=O)c2ccccc21. The summed E-state index contributed by atoms with van der Waals surface area (Å²) in [6.07, 6.45) is -9.83. The van der Waals surface area contributed by atoms with Crippen LogP contribution >= 0.6 is 0 Å². The predicted molar refractivity (Wildman–Crippen MR) is 110 cm³/mol. The van der Waals surface area contributed by atoms with Gasteiger partial charge in [0.2, 0.25) is 23.1 Å². The Morgan fingerprint density at radius 3 is 1.08 bits per heavy atom. The molecule has 0 aliphatic heterocycles. The first-order chi connectivity index (χ1) is 16.9. The van der Waals surface area contributed by atoms with Gasteiger partial charge >= 0.3 is 12.7 Å². The van der Waals surface area contributed by atoms with Gasteiger partial charge in [0.05, 0.1) is 0 Å². The number of hydrogen-bond acceptors (Lipinski definition) is 6. The van der Waals surface area contributed by atoms with Gasteiger partial charge in [0.1, 0.15) is 23.0 Å². The normalized spacial score (nSPS) is 13.8. The Hall–Kier alpha value is -4.48. The number of ether oxygens (including phenoxy) is 4. The van der Waals surface area contributed by atoms with Gasteiger partial charge in [-0.15, -0.1) is 26.3 Å². The lowest BCUT2D eigenvalue weighted by Gasteiger charge is -2.21. The van der Waals surface area contributed by atoms with E-state index in [-0.39, 0.29) is 22.6 Å². The molecule has 0 aromatic heterocycles. The zero-order chi connectivity index (χ0) is 26.1. The Kier molecular flexibility index (Phi) is 6.35. The fraction of sp³-hybridized carbons (Fsp3) is 0.0833. The number of hydrogen-bond donors (Lipinski definition) is 0. The largest absolute Gasteiger partial charge is 0.573 e. The van der Waals surface area contributed by atoms with E-state index in [2.05, 4.69) is 9.47 Å². The average molecular weight is 510 g/mol. The van der Waals surface area contributed by atoms with Gasteiger partial charge in [-0.05, 0) is 48.5 Å². The molecule has 3 aromatic rings. The fourth-order valence-electron chi connectivity index (χ4n) is 3.17. The van der Waals surface area contributed by atoms with E-state index >= 15 is 0 Å². The van der Waals surface area contributed by atoms with E-state index in [0.717, 1.165) is 48.5 Å². The Morgan fingerprint density at radius 2 is 0.778 bits per heavy atom. The summed E-state index contributed by atoms with van der Waals surface area (Å²) < 4.78 is 93.0. The minimum Gasteiger partial charge on any atom is -0.449 e. The highest BCUT2D eigenvalue weighted by Crippen LogP contribution is 2.32. The van der Waals surface area contributed by atoms with E-state index in [1.54, 1.807) is 0 Å². The molecule has 0 radical (unpaired) electrons. The summed E-state index contributed by atoms with van der Waals surface area (Å²) >= 11 is 0. The zero-order valence-corrected chi connectivity index (χ0v) is 17.6. The van der Waals surface area contributed by atoms with Crippen molar-refractivity contribution in [3.8, 4) is 23.0 Å². The molecule has 3 aromatic carbocycles. The van der Waals surface area contributed by atoms with Gasteiger partial charge in [0, 0.05) is 11.1 Å². The van der Waals surface area contributed by atoms with Crippen LogP contribution in [0.15, 0.2) is 84.3 Å². The summed E-state index contributed by atoms with van der Waals surface area (Å²) in [5.41, 5.74) is -0.00778. The molecule has 0 bridgehead atoms. The highest BCUT2D eigenvalue weighted by atomic mass is 19.4. The molecule has 4 rings (SSSR count). The molecular weight excluding hydrogens is 498 g/mol. The molecule has 36 heavy (non-hydrogen) atoms. The number of carbonyl (C=O) groups is 2. The summed E-state index contributed by atoms with van der Waals surface area (Å²) in [6, 6.07) is 13.8. The molecule has 1 aliphatic rings. The van der Waals surface area contributed by atoms with Crippen LogP contribution < -0.4 is 18.9 Å². The van der Waals surface area contributed by atoms with Crippen molar-refractivity contribution in [2.75, 3.05) is 0 Å². The van der Waals surface area contributed by atoms with Crippen molar-refractivity contribution in [1.82, 2.24) is 0 Å². The Balaban J connectivity index is 1.67. The minimum atomic E-state index is -4.91. The van der Waals surface area contributed by atoms with Crippen molar-refractivity contribution in [2.45, 2.75) is 12.7 Å². The standard InChI is InChI=1S/C24H12F6O6/c25-23(26,27)35-15-9-5-13(6-10-15)33-21-19(31)17-3-1-2-4-18(17)20(32)22(21)34-14-7-11-16(12-8-14)36-24(28,29)30/h1-12H. The number of ketones is 2. The molecule has 0 unspecified atom stereocenters. The fourth-order valence-corrected chi connectivity index (χ4v) is 3.17. The van der Waals surface area contributed by atoms with Crippen LogP contribution in [0.5, 0.6) is 23.0 Å². The van der Waals surface area contributed by atoms with E-state index in [4.69, 9.17) is 9.47 Å². The predicted octanol–water partition coefficient (Wildman–Crippen LogP) is 6.23. The molecule has 6 nitrogen and oxygen atoms in total. The van der Waals surface area contributed by atoms with Gasteiger partial charge in [-0.25, -0.2) is 0 Å². The maximum Gasteiger partial charge on any atom is 0.573 e. The van der Waals surface area contributed by atoms with Crippen molar-refractivity contribution in [1.29, 1.82) is 0 Å². The lowest BCUT2D eigenvalue weighted by Crippen LogP contribution is -2.27. The van der Waals surface area contributed by atoms with Crippen LogP contribution in [0.3, 0.4) is 0 Å². The Bertz CT molecular complexity index is 1220. The topological polar surface area (TPSA) is 71.1 Å². The van der Waals surface area contributed by atoms with Crippen LogP contribution in [0.1, 0.15) is 20.7 Å². The van der Waals surface area contributed by atoms with Crippen LogP contribution in [-0.2, 0) is 0 Å². The maximum atomic E-state index is 13.1. The van der Waals surface area contributed by atoms with Gasteiger partial charge in [0.15, 0.2) is 0 Å². The molecule has 0 atom stereocenters. The molecule has 12 heteroatoms. The molecule has 0 saturated carbocycles. The highest BCUT2D eigenvalue weighted by Gasteiger charge is 2.36. The second-order valence-electron chi connectivity index (χ2n) is 7.10. The van der Waals surface area contributed by atoms with Crippen LogP contribution in [0, 0.1) is 0 Å². The number of Topliss-reactive ketones (excluding diaryl/α,β-unsaturated/α-hetero) is 2. The van der Waals surface area contributed by atoms with Gasteiger partial charge in [-0.1, -0.05) is 24.3 Å². The second kappa shape index (κ2) is 9.29. The Morgan fingerprint density at radius 1 is 0.472 bits per heavy atom. The van der Waals surface area contributed by atoms with Crippen molar-refractivity contribution in [3.63, 3.8) is 0 Å². The average Bonchev–Trinajstić information content (AvgIpc) is 2.80. The third kappa shape index (κ3) is 5.77. The van der Waals surface area contributed by atoms with Crippen LogP contribution in [0.2, 0.25) is 0 Å².